The minimum absolute atomic E-state index is 0.0995. The van der Waals surface area contributed by atoms with E-state index in [-0.39, 0.29) is 18.4 Å². The van der Waals surface area contributed by atoms with Crippen molar-refractivity contribution in [3.8, 4) is 0 Å². The molecule has 1 aromatic rings. The van der Waals surface area contributed by atoms with Crippen LogP contribution in [0.25, 0.3) is 0 Å². The molecular formula is C21H31N5O2. The van der Waals surface area contributed by atoms with Crippen molar-refractivity contribution in [1.82, 2.24) is 20.4 Å². The number of hydrogen-bond donors (Lipinski definition) is 2. The lowest BCUT2D eigenvalue weighted by molar-refractivity contribution is -0.123. The summed E-state index contributed by atoms with van der Waals surface area (Å²) in [6.45, 7) is 11.3. The molecule has 0 aromatic heterocycles. The van der Waals surface area contributed by atoms with E-state index in [1.807, 2.05) is 24.3 Å². The van der Waals surface area contributed by atoms with Crippen LogP contribution in [0.2, 0.25) is 0 Å². The molecule has 0 atom stereocenters. The Labute approximate surface area is 167 Å². The van der Waals surface area contributed by atoms with E-state index in [0.29, 0.717) is 30.6 Å². The van der Waals surface area contributed by atoms with Crippen molar-refractivity contribution in [2.24, 2.45) is 10.4 Å². The van der Waals surface area contributed by atoms with E-state index < -0.39 is 0 Å². The minimum atomic E-state index is -0.105. The highest BCUT2D eigenvalue weighted by Gasteiger charge is 2.30. The lowest BCUT2D eigenvalue weighted by atomic mass is 9.93. The van der Waals surface area contributed by atoms with Gasteiger partial charge in [-0.3, -0.25) is 9.59 Å². The number of amides is 2. The molecular weight excluding hydrogens is 354 g/mol. The molecule has 1 aromatic carbocycles. The first-order chi connectivity index (χ1) is 13.4. The molecule has 2 saturated heterocycles. The average Bonchev–Trinajstić information content (AvgIpc) is 3.04. The van der Waals surface area contributed by atoms with Crippen molar-refractivity contribution < 1.29 is 9.59 Å². The summed E-state index contributed by atoms with van der Waals surface area (Å²) in [4.78, 5) is 32.7. The Morgan fingerprint density at radius 2 is 1.96 bits per heavy atom. The molecule has 2 aliphatic heterocycles. The number of rotatable bonds is 4. The van der Waals surface area contributed by atoms with Crippen molar-refractivity contribution in [3.63, 3.8) is 0 Å². The molecule has 2 heterocycles. The fourth-order valence-corrected chi connectivity index (χ4v) is 3.63. The minimum Gasteiger partial charge on any atom is -0.357 e. The van der Waals surface area contributed by atoms with Gasteiger partial charge in [0, 0.05) is 38.3 Å². The van der Waals surface area contributed by atoms with Crippen LogP contribution in [-0.2, 0) is 11.3 Å². The van der Waals surface area contributed by atoms with Crippen molar-refractivity contribution in [1.29, 1.82) is 0 Å². The van der Waals surface area contributed by atoms with Gasteiger partial charge in [-0.2, -0.15) is 0 Å². The van der Waals surface area contributed by atoms with Gasteiger partial charge in [0.15, 0.2) is 5.96 Å². The van der Waals surface area contributed by atoms with E-state index in [1.165, 1.54) is 6.42 Å². The molecule has 152 valence electrons. The van der Waals surface area contributed by atoms with Crippen LogP contribution in [0.3, 0.4) is 0 Å². The molecule has 2 fully saturated rings. The summed E-state index contributed by atoms with van der Waals surface area (Å²) in [6, 6.07) is 7.54. The summed E-state index contributed by atoms with van der Waals surface area (Å²) < 4.78 is 0. The zero-order chi connectivity index (χ0) is 20.1. The number of aliphatic imine (C=N–C) groups is 1. The van der Waals surface area contributed by atoms with E-state index in [4.69, 9.17) is 4.99 Å². The third-order valence-electron chi connectivity index (χ3n) is 5.25. The second-order valence-electron chi connectivity index (χ2n) is 8.28. The predicted molar refractivity (Wildman–Crippen MR) is 110 cm³/mol. The maximum absolute atomic E-state index is 12.5. The highest BCUT2D eigenvalue weighted by Crippen LogP contribution is 2.28. The summed E-state index contributed by atoms with van der Waals surface area (Å²) in [6.07, 6.45) is 1.17. The summed E-state index contributed by atoms with van der Waals surface area (Å²) in [5.41, 5.74) is 1.99. The van der Waals surface area contributed by atoms with Crippen LogP contribution >= 0.6 is 0 Å². The van der Waals surface area contributed by atoms with Crippen molar-refractivity contribution in [2.45, 2.75) is 33.7 Å². The number of carbonyl (C=O) groups is 2. The van der Waals surface area contributed by atoms with Gasteiger partial charge in [-0.1, -0.05) is 26.0 Å². The summed E-state index contributed by atoms with van der Waals surface area (Å²) in [5.74, 6) is 0.747. The Morgan fingerprint density at radius 3 is 2.57 bits per heavy atom. The molecule has 3 rings (SSSR count). The highest BCUT2D eigenvalue weighted by atomic mass is 16.2. The van der Waals surface area contributed by atoms with Crippen LogP contribution in [0.5, 0.6) is 0 Å². The average molecular weight is 386 g/mol. The molecule has 0 saturated carbocycles. The largest absolute Gasteiger partial charge is 0.357 e. The zero-order valence-electron chi connectivity index (χ0n) is 17.1. The van der Waals surface area contributed by atoms with E-state index in [9.17, 15) is 9.59 Å². The quantitative estimate of drug-likeness (QED) is 0.608. The van der Waals surface area contributed by atoms with Gasteiger partial charge in [-0.15, -0.1) is 0 Å². The number of hydrogen-bond acceptors (Lipinski definition) is 3. The van der Waals surface area contributed by atoms with Gasteiger partial charge >= 0.3 is 0 Å². The molecule has 2 amide bonds. The Bertz CT molecular complexity index is 742. The van der Waals surface area contributed by atoms with Gasteiger partial charge in [0.2, 0.25) is 5.91 Å². The summed E-state index contributed by atoms with van der Waals surface area (Å²) >= 11 is 0. The maximum atomic E-state index is 12.5. The number of carbonyl (C=O) groups excluding carboxylic acids is 2. The molecule has 2 N–H and O–H groups in total. The van der Waals surface area contributed by atoms with E-state index in [2.05, 4.69) is 36.3 Å². The number of guanidine groups is 1. The predicted octanol–water partition coefficient (Wildman–Crippen LogP) is 1.46. The topological polar surface area (TPSA) is 77.0 Å². The number of likely N-dealkylation sites (tertiary alicyclic amines) is 1. The van der Waals surface area contributed by atoms with Gasteiger partial charge in [-0.05, 0) is 36.5 Å². The molecule has 0 radical (unpaired) electrons. The molecule has 0 unspecified atom stereocenters. The lowest BCUT2D eigenvalue weighted by Gasteiger charge is -2.26. The van der Waals surface area contributed by atoms with Crippen molar-refractivity contribution in [3.05, 3.63) is 35.4 Å². The molecule has 0 bridgehead atoms. The van der Waals surface area contributed by atoms with Crippen LogP contribution in [-0.4, -0.2) is 66.8 Å². The first-order valence-electron chi connectivity index (χ1n) is 10.1. The van der Waals surface area contributed by atoms with Crippen molar-refractivity contribution >= 4 is 17.8 Å². The van der Waals surface area contributed by atoms with Gasteiger partial charge in [-0.25, -0.2) is 4.99 Å². The van der Waals surface area contributed by atoms with E-state index in [0.717, 1.165) is 31.2 Å². The fourth-order valence-electron chi connectivity index (χ4n) is 3.63. The second kappa shape index (κ2) is 8.63. The number of nitrogens with zero attached hydrogens (tertiary/aromatic N) is 3. The molecule has 0 spiro atoms. The fraction of sp³-hybridized carbons (Fsp3) is 0.571. The van der Waals surface area contributed by atoms with Crippen LogP contribution in [0.15, 0.2) is 29.3 Å². The second-order valence-corrected chi connectivity index (χ2v) is 8.28. The first kappa shape index (κ1) is 20.2. The molecule has 7 nitrogen and oxygen atoms in total. The van der Waals surface area contributed by atoms with E-state index in [1.54, 1.807) is 4.90 Å². The normalized spacial score (nSPS) is 19.5. The Kier molecular flexibility index (Phi) is 6.21. The molecule has 2 aliphatic rings. The van der Waals surface area contributed by atoms with Gasteiger partial charge < -0.3 is 20.4 Å². The summed E-state index contributed by atoms with van der Waals surface area (Å²) in [7, 11) is 0. The Morgan fingerprint density at radius 1 is 1.21 bits per heavy atom. The van der Waals surface area contributed by atoms with Crippen LogP contribution in [0.1, 0.15) is 43.1 Å². The first-order valence-corrected chi connectivity index (χ1v) is 10.1. The third kappa shape index (κ3) is 5.03. The van der Waals surface area contributed by atoms with Gasteiger partial charge in [0.25, 0.3) is 5.91 Å². The molecule has 0 aliphatic carbocycles. The Balaban J connectivity index is 1.63. The van der Waals surface area contributed by atoms with E-state index >= 15 is 0 Å². The molecule has 7 heteroatoms. The SMILES string of the molecule is CCNC(=NCc1ccc(C(=O)N2CCNC(=O)C2)cc1)N1CCC(C)(C)C1. The zero-order valence-corrected chi connectivity index (χ0v) is 17.1. The maximum Gasteiger partial charge on any atom is 0.254 e. The number of nitrogens with one attached hydrogen (secondary N) is 2. The van der Waals surface area contributed by atoms with Gasteiger partial charge in [0.05, 0.1) is 13.1 Å². The molecule has 28 heavy (non-hydrogen) atoms. The Hall–Kier alpha value is -2.57. The number of benzene rings is 1. The smallest absolute Gasteiger partial charge is 0.254 e. The third-order valence-corrected chi connectivity index (χ3v) is 5.25. The monoisotopic (exact) mass is 385 g/mol. The van der Waals surface area contributed by atoms with Gasteiger partial charge in [0.1, 0.15) is 0 Å². The number of piperazine rings is 1. The lowest BCUT2D eigenvalue weighted by Crippen LogP contribution is -2.49. The van der Waals surface area contributed by atoms with Crippen LogP contribution in [0.4, 0.5) is 0 Å². The highest BCUT2D eigenvalue weighted by molar-refractivity contribution is 5.97. The van der Waals surface area contributed by atoms with Crippen LogP contribution < -0.4 is 10.6 Å². The standard InChI is InChI=1S/C21H31N5O2/c1-4-22-20(26-11-9-21(2,3)15-26)24-13-16-5-7-17(8-6-16)19(28)25-12-10-23-18(27)14-25/h5-8H,4,9-15H2,1-3H3,(H,22,24)(H,23,27). The summed E-state index contributed by atoms with van der Waals surface area (Å²) in [5, 5.41) is 6.12. The van der Waals surface area contributed by atoms with Crippen LogP contribution in [0, 0.1) is 5.41 Å². The van der Waals surface area contributed by atoms with Crippen molar-refractivity contribution in [2.75, 3.05) is 39.3 Å².